The predicted molar refractivity (Wildman–Crippen MR) is 131 cm³/mol. The molecule has 2 atom stereocenters. The Morgan fingerprint density at radius 3 is 1.87 bits per heavy atom. The molecular formula is C26H48N2O2Si. The standard InChI is InChI=1S/C26H48N2O2Si/c1-20(25(29)30-2)18-27-24(21-12-6-3-7-13-21)19-28(31)26(27,22-14-8-4-9-15-22)23-16-10-5-11-17-23/h20-24H,3-19H2,1-2,31H3. The highest BCUT2D eigenvalue weighted by atomic mass is 28.2. The molecule has 1 aliphatic heterocycles. The highest BCUT2D eigenvalue weighted by molar-refractivity contribution is 6.05. The van der Waals surface area contributed by atoms with E-state index in [2.05, 4.69) is 16.4 Å². The van der Waals surface area contributed by atoms with Crippen LogP contribution in [0.25, 0.3) is 0 Å². The first-order valence-corrected chi connectivity index (χ1v) is 14.5. The minimum atomic E-state index is -0.0317. The average Bonchev–Trinajstić information content (AvgIpc) is 3.12. The molecule has 4 fully saturated rings. The Kier molecular flexibility index (Phi) is 8.19. The maximum Gasteiger partial charge on any atom is 0.309 e. The van der Waals surface area contributed by atoms with Crippen molar-refractivity contribution >= 4 is 16.4 Å². The molecule has 0 aromatic rings. The Bertz CT molecular complexity index is 564. The second-order valence-electron chi connectivity index (χ2n) is 11.4. The van der Waals surface area contributed by atoms with Gasteiger partial charge in [0.1, 0.15) is 0 Å². The molecule has 0 radical (unpaired) electrons. The smallest absolute Gasteiger partial charge is 0.309 e. The lowest BCUT2D eigenvalue weighted by Crippen LogP contribution is -2.65. The Labute approximate surface area is 194 Å². The second-order valence-corrected chi connectivity index (χ2v) is 12.5. The number of rotatable bonds is 6. The minimum absolute atomic E-state index is 0.0182. The van der Waals surface area contributed by atoms with Crippen molar-refractivity contribution in [1.82, 2.24) is 9.47 Å². The van der Waals surface area contributed by atoms with E-state index in [0.717, 1.165) is 34.7 Å². The van der Waals surface area contributed by atoms with Gasteiger partial charge in [-0.05, 0) is 56.3 Å². The van der Waals surface area contributed by atoms with E-state index >= 15 is 0 Å². The van der Waals surface area contributed by atoms with Crippen LogP contribution in [-0.2, 0) is 9.53 Å². The van der Waals surface area contributed by atoms with E-state index in [1.165, 1.54) is 103 Å². The van der Waals surface area contributed by atoms with Crippen LogP contribution >= 0.6 is 0 Å². The largest absolute Gasteiger partial charge is 0.469 e. The summed E-state index contributed by atoms with van der Waals surface area (Å²) in [4.78, 5) is 15.5. The summed E-state index contributed by atoms with van der Waals surface area (Å²) in [6.45, 7) is 4.28. The van der Waals surface area contributed by atoms with Crippen molar-refractivity contribution in [2.45, 2.75) is 115 Å². The summed E-state index contributed by atoms with van der Waals surface area (Å²) in [6.07, 6.45) is 21.1. The molecule has 2 unspecified atom stereocenters. The lowest BCUT2D eigenvalue weighted by molar-refractivity contribution is -0.149. The highest BCUT2D eigenvalue weighted by Crippen LogP contribution is 2.53. The molecule has 0 N–H and O–H groups in total. The molecule has 4 nitrogen and oxygen atoms in total. The summed E-state index contributed by atoms with van der Waals surface area (Å²) in [7, 11) is 2.71. The van der Waals surface area contributed by atoms with E-state index in [4.69, 9.17) is 4.74 Å². The van der Waals surface area contributed by atoms with Crippen LogP contribution in [0, 0.1) is 23.7 Å². The van der Waals surface area contributed by atoms with Crippen molar-refractivity contribution in [3.8, 4) is 0 Å². The van der Waals surface area contributed by atoms with Crippen LogP contribution in [0.2, 0.25) is 0 Å². The van der Waals surface area contributed by atoms with Gasteiger partial charge in [-0.3, -0.25) is 9.69 Å². The summed E-state index contributed by atoms with van der Waals surface area (Å²) in [5.74, 6) is 2.36. The number of esters is 1. The van der Waals surface area contributed by atoms with Crippen LogP contribution in [0.3, 0.4) is 0 Å². The number of carbonyl (C=O) groups excluding carboxylic acids is 1. The molecule has 178 valence electrons. The van der Waals surface area contributed by atoms with Gasteiger partial charge in [0.2, 0.25) is 0 Å². The second kappa shape index (κ2) is 10.7. The van der Waals surface area contributed by atoms with Gasteiger partial charge in [-0.2, -0.15) is 0 Å². The zero-order valence-corrected chi connectivity index (χ0v) is 22.6. The SMILES string of the molecule is COC(=O)C(C)CN1C(C2CCCCC2)CN([SiH3])C1(C1CCCCC1)C1CCCCC1. The molecule has 0 spiro atoms. The van der Waals surface area contributed by atoms with E-state index in [-0.39, 0.29) is 17.6 Å². The molecule has 3 aliphatic carbocycles. The van der Waals surface area contributed by atoms with E-state index in [9.17, 15) is 4.79 Å². The van der Waals surface area contributed by atoms with Crippen LogP contribution in [0.15, 0.2) is 0 Å². The molecule has 1 saturated heterocycles. The van der Waals surface area contributed by atoms with Gasteiger partial charge in [0.25, 0.3) is 0 Å². The average molecular weight is 449 g/mol. The summed E-state index contributed by atoms with van der Waals surface area (Å²) < 4.78 is 8.18. The first-order chi connectivity index (χ1) is 15.1. The Balaban J connectivity index is 1.72. The fourth-order valence-corrected chi connectivity index (χ4v) is 9.63. The number of nitrogens with zero attached hydrogens (tertiary/aromatic N) is 2. The van der Waals surface area contributed by atoms with Crippen molar-refractivity contribution in [3.63, 3.8) is 0 Å². The zero-order valence-electron chi connectivity index (χ0n) is 20.6. The molecule has 0 aromatic heterocycles. The molecule has 3 saturated carbocycles. The van der Waals surface area contributed by atoms with E-state index in [1.54, 1.807) is 7.11 Å². The summed E-state index contributed by atoms with van der Waals surface area (Å²) in [5.41, 5.74) is 0.220. The topological polar surface area (TPSA) is 32.8 Å². The van der Waals surface area contributed by atoms with Crippen LogP contribution in [0.5, 0.6) is 0 Å². The lowest BCUT2D eigenvalue weighted by atomic mass is 9.68. The molecular weight excluding hydrogens is 400 g/mol. The predicted octanol–water partition coefficient (Wildman–Crippen LogP) is 4.50. The first kappa shape index (κ1) is 23.8. The lowest BCUT2D eigenvalue weighted by Gasteiger charge is -2.57. The van der Waals surface area contributed by atoms with Crippen LogP contribution in [-0.4, -0.2) is 57.7 Å². The molecule has 4 rings (SSSR count). The molecule has 0 amide bonds. The summed E-state index contributed by atoms with van der Waals surface area (Å²) >= 11 is 0. The van der Waals surface area contributed by atoms with Crippen LogP contribution in [0.1, 0.15) is 103 Å². The Morgan fingerprint density at radius 1 is 0.903 bits per heavy atom. The number of methoxy groups -OCH3 is 1. The maximum atomic E-state index is 12.6. The highest BCUT2D eigenvalue weighted by Gasteiger charge is 2.59. The normalized spacial score (nSPS) is 31.1. The fraction of sp³-hybridized carbons (Fsp3) is 0.962. The van der Waals surface area contributed by atoms with E-state index < -0.39 is 0 Å². The zero-order chi connectivity index (χ0) is 21.8. The van der Waals surface area contributed by atoms with Gasteiger partial charge in [0, 0.05) is 19.1 Å². The number of carbonyl (C=O) groups is 1. The van der Waals surface area contributed by atoms with Gasteiger partial charge in [0.05, 0.1) is 29.1 Å². The Morgan fingerprint density at radius 2 is 1.39 bits per heavy atom. The monoisotopic (exact) mass is 448 g/mol. The third-order valence-corrected chi connectivity index (χ3v) is 10.7. The van der Waals surface area contributed by atoms with E-state index in [1.807, 2.05) is 0 Å². The quantitative estimate of drug-likeness (QED) is 0.442. The minimum Gasteiger partial charge on any atom is -0.469 e. The van der Waals surface area contributed by atoms with Crippen molar-refractivity contribution in [2.75, 3.05) is 20.2 Å². The number of hydrogen-bond acceptors (Lipinski definition) is 4. The van der Waals surface area contributed by atoms with Gasteiger partial charge < -0.3 is 9.30 Å². The van der Waals surface area contributed by atoms with Gasteiger partial charge >= 0.3 is 5.97 Å². The molecule has 0 aromatic carbocycles. The molecule has 5 heteroatoms. The van der Waals surface area contributed by atoms with Crippen molar-refractivity contribution < 1.29 is 9.53 Å². The third kappa shape index (κ3) is 4.66. The third-order valence-electron chi connectivity index (χ3n) is 9.61. The summed E-state index contributed by atoms with van der Waals surface area (Å²) in [6, 6.07) is 0.647. The summed E-state index contributed by atoms with van der Waals surface area (Å²) in [5, 5.41) is 0. The van der Waals surface area contributed by atoms with Gasteiger partial charge in [-0.15, -0.1) is 0 Å². The maximum absolute atomic E-state index is 12.6. The van der Waals surface area contributed by atoms with Gasteiger partial charge in [0.15, 0.2) is 0 Å². The van der Waals surface area contributed by atoms with Gasteiger partial charge in [-0.25, -0.2) is 0 Å². The van der Waals surface area contributed by atoms with Gasteiger partial charge in [-0.1, -0.05) is 64.7 Å². The van der Waals surface area contributed by atoms with Crippen LogP contribution in [0.4, 0.5) is 0 Å². The van der Waals surface area contributed by atoms with Crippen molar-refractivity contribution in [1.29, 1.82) is 0 Å². The van der Waals surface area contributed by atoms with Crippen molar-refractivity contribution in [3.05, 3.63) is 0 Å². The Hall–Kier alpha value is -0.393. The van der Waals surface area contributed by atoms with E-state index in [0.29, 0.717) is 6.04 Å². The molecule has 0 bridgehead atoms. The fourth-order valence-electron chi connectivity index (χ4n) is 8.27. The first-order valence-electron chi connectivity index (χ1n) is 13.6. The van der Waals surface area contributed by atoms with Crippen molar-refractivity contribution in [2.24, 2.45) is 23.7 Å². The molecule has 1 heterocycles. The number of hydrogen-bond donors (Lipinski definition) is 0. The molecule has 31 heavy (non-hydrogen) atoms. The van der Waals surface area contributed by atoms with Crippen LogP contribution < -0.4 is 0 Å². The molecule has 4 aliphatic rings. The number of ether oxygens (including phenoxy) is 1.